The monoisotopic (exact) mass is 456 g/mol. The molecule has 1 amide bonds. The van der Waals surface area contributed by atoms with Gasteiger partial charge >= 0.3 is 0 Å². The topological polar surface area (TPSA) is 92.3 Å². The van der Waals surface area contributed by atoms with Gasteiger partial charge < -0.3 is 10.2 Å². The lowest BCUT2D eigenvalue weighted by atomic mass is 10.2. The second kappa shape index (κ2) is 9.23. The molecule has 3 aromatic rings. The number of rotatable bonds is 7. The number of carbonyl (C=O) groups excluding carboxylic acids is 1. The number of sulfone groups is 1. The molecule has 7 nitrogen and oxygen atoms in total. The molecule has 0 unspecified atom stereocenters. The van der Waals surface area contributed by atoms with E-state index >= 15 is 0 Å². The van der Waals surface area contributed by atoms with E-state index in [4.69, 9.17) is 0 Å². The number of thioether (sulfide) groups is 1. The Balaban J connectivity index is 1.52. The zero-order chi connectivity index (χ0) is 21.8. The third-order valence-corrected chi connectivity index (χ3v) is 7.84. The molecule has 0 spiro atoms. The van der Waals surface area contributed by atoms with Crippen LogP contribution >= 0.6 is 11.8 Å². The van der Waals surface area contributed by atoms with Crippen molar-refractivity contribution in [1.29, 1.82) is 0 Å². The number of nitrogens with zero attached hydrogens (tertiary/aromatic N) is 3. The number of carbonyl (C=O) groups is 1. The van der Waals surface area contributed by atoms with Gasteiger partial charge in [0.05, 0.1) is 22.8 Å². The van der Waals surface area contributed by atoms with E-state index in [0.29, 0.717) is 23.9 Å². The van der Waals surface area contributed by atoms with Crippen LogP contribution in [0.25, 0.3) is 10.9 Å². The summed E-state index contributed by atoms with van der Waals surface area (Å²) in [4.78, 5) is 23.7. The number of para-hydroxylation sites is 2. The highest BCUT2D eigenvalue weighted by Gasteiger charge is 2.33. The maximum atomic E-state index is 12.8. The van der Waals surface area contributed by atoms with E-state index in [1.165, 1.54) is 11.8 Å². The first kappa shape index (κ1) is 21.6. The van der Waals surface area contributed by atoms with Crippen molar-refractivity contribution in [3.63, 3.8) is 0 Å². The van der Waals surface area contributed by atoms with Gasteiger partial charge in [-0.1, -0.05) is 42.1 Å². The molecule has 0 bridgehead atoms. The molecular formula is C22H24N4O3S2. The maximum absolute atomic E-state index is 12.8. The van der Waals surface area contributed by atoms with Crippen LogP contribution in [0.4, 0.5) is 11.5 Å². The van der Waals surface area contributed by atoms with Gasteiger partial charge in [0, 0.05) is 23.7 Å². The number of hydrogen-bond acceptors (Lipinski definition) is 7. The van der Waals surface area contributed by atoms with Crippen molar-refractivity contribution < 1.29 is 13.2 Å². The van der Waals surface area contributed by atoms with Crippen LogP contribution in [0.5, 0.6) is 0 Å². The third kappa shape index (κ3) is 5.16. The number of fused-ring (bicyclic) bond motifs is 1. The molecule has 2 aromatic carbocycles. The number of aromatic nitrogens is 2. The minimum absolute atomic E-state index is 0.0505. The van der Waals surface area contributed by atoms with Crippen molar-refractivity contribution in [3.8, 4) is 0 Å². The number of anilines is 2. The molecule has 1 atom stereocenters. The Hall–Kier alpha value is -2.65. The summed E-state index contributed by atoms with van der Waals surface area (Å²) in [5.74, 6) is 0.948. The summed E-state index contributed by atoms with van der Waals surface area (Å²) in [5, 5.41) is 4.73. The van der Waals surface area contributed by atoms with Crippen molar-refractivity contribution in [1.82, 2.24) is 14.9 Å². The second-order valence-electron chi connectivity index (χ2n) is 7.39. The first-order valence-electron chi connectivity index (χ1n) is 10.2. The molecule has 1 aliphatic heterocycles. The Bertz CT molecular complexity index is 1190. The highest BCUT2D eigenvalue weighted by atomic mass is 32.2. The Morgan fingerprint density at radius 3 is 2.58 bits per heavy atom. The van der Waals surface area contributed by atoms with E-state index in [0.717, 1.165) is 16.6 Å². The van der Waals surface area contributed by atoms with Crippen LogP contribution in [-0.4, -0.2) is 59.0 Å². The summed E-state index contributed by atoms with van der Waals surface area (Å²) in [7, 11) is -3.04. The smallest absolute Gasteiger partial charge is 0.233 e. The Labute approximate surface area is 186 Å². The third-order valence-electron chi connectivity index (χ3n) is 5.25. The minimum atomic E-state index is -3.04. The van der Waals surface area contributed by atoms with Crippen LogP contribution in [0.15, 0.2) is 59.8 Å². The van der Waals surface area contributed by atoms with Gasteiger partial charge in [0.25, 0.3) is 0 Å². The Morgan fingerprint density at radius 2 is 1.87 bits per heavy atom. The molecule has 0 radical (unpaired) electrons. The molecule has 4 rings (SSSR count). The lowest BCUT2D eigenvalue weighted by molar-refractivity contribution is -0.129. The van der Waals surface area contributed by atoms with Crippen LogP contribution in [-0.2, 0) is 14.6 Å². The maximum Gasteiger partial charge on any atom is 0.233 e. The Kier molecular flexibility index (Phi) is 6.43. The molecule has 0 saturated carbocycles. The van der Waals surface area contributed by atoms with Crippen LogP contribution in [0.2, 0.25) is 0 Å². The van der Waals surface area contributed by atoms with Crippen molar-refractivity contribution in [2.75, 3.05) is 29.1 Å². The van der Waals surface area contributed by atoms with E-state index in [-0.39, 0.29) is 29.2 Å². The fourth-order valence-corrected chi connectivity index (χ4v) is 6.21. The minimum Gasteiger partial charge on any atom is -0.340 e. The van der Waals surface area contributed by atoms with Crippen LogP contribution in [0.1, 0.15) is 13.3 Å². The van der Waals surface area contributed by atoms with Gasteiger partial charge in [0.1, 0.15) is 5.82 Å². The van der Waals surface area contributed by atoms with Gasteiger partial charge in [0.2, 0.25) is 5.91 Å². The van der Waals surface area contributed by atoms with Crippen molar-refractivity contribution in [2.24, 2.45) is 0 Å². The van der Waals surface area contributed by atoms with E-state index in [1.54, 1.807) is 4.90 Å². The first-order chi connectivity index (χ1) is 14.9. The molecule has 0 aliphatic carbocycles. The van der Waals surface area contributed by atoms with Gasteiger partial charge in [-0.2, -0.15) is 0 Å². The number of hydrogen-bond donors (Lipinski definition) is 1. The molecular weight excluding hydrogens is 432 g/mol. The fraction of sp³-hybridized carbons (Fsp3) is 0.318. The standard InChI is InChI=1S/C22H24N4O3S2/c1-2-26(17-12-13-31(28,29)15-17)20(27)14-30-22-24-19-11-7-6-10-18(19)21(25-22)23-16-8-4-3-5-9-16/h3-11,17H,2,12-15H2,1H3,(H,23,24,25)/t17-/m1/s1. The molecule has 162 valence electrons. The molecule has 1 N–H and O–H groups in total. The Morgan fingerprint density at radius 1 is 1.13 bits per heavy atom. The van der Waals surface area contributed by atoms with Gasteiger partial charge in [0.15, 0.2) is 15.0 Å². The average Bonchev–Trinajstić information content (AvgIpc) is 3.13. The molecule has 9 heteroatoms. The van der Waals surface area contributed by atoms with Crippen molar-refractivity contribution >= 4 is 49.9 Å². The number of nitrogens with one attached hydrogen (secondary N) is 1. The SMILES string of the molecule is CCN(C(=O)CSc1nc(Nc2ccccc2)c2ccccc2n1)[C@@H]1CCS(=O)(=O)C1. The largest absolute Gasteiger partial charge is 0.340 e. The predicted octanol–water partition coefficient (Wildman–Crippen LogP) is 3.50. The molecule has 31 heavy (non-hydrogen) atoms. The molecule has 2 heterocycles. The van der Waals surface area contributed by atoms with E-state index in [9.17, 15) is 13.2 Å². The van der Waals surface area contributed by atoms with Crippen molar-refractivity contribution in [2.45, 2.75) is 24.5 Å². The fourth-order valence-electron chi connectivity index (χ4n) is 3.74. The predicted molar refractivity (Wildman–Crippen MR) is 124 cm³/mol. The number of amides is 1. The van der Waals surface area contributed by atoms with E-state index in [1.807, 2.05) is 61.5 Å². The molecule has 1 aromatic heterocycles. The molecule has 1 saturated heterocycles. The van der Waals surface area contributed by atoms with Crippen LogP contribution in [0, 0.1) is 0 Å². The van der Waals surface area contributed by atoms with Gasteiger partial charge in [-0.3, -0.25) is 4.79 Å². The highest BCUT2D eigenvalue weighted by molar-refractivity contribution is 7.99. The van der Waals surface area contributed by atoms with E-state index in [2.05, 4.69) is 15.3 Å². The van der Waals surface area contributed by atoms with Crippen LogP contribution in [0.3, 0.4) is 0 Å². The summed E-state index contributed by atoms with van der Waals surface area (Å²) < 4.78 is 23.6. The summed E-state index contributed by atoms with van der Waals surface area (Å²) in [6, 6.07) is 17.3. The zero-order valence-electron chi connectivity index (χ0n) is 17.2. The second-order valence-corrected chi connectivity index (χ2v) is 10.6. The molecule has 1 fully saturated rings. The summed E-state index contributed by atoms with van der Waals surface area (Å²) in [5.41, 5.74) is 1.71. The summed E-state index contributed by atoms with van der Waals surface area (Å²) >= 11 is 1.27. The lowest BCUT2D eigenvalue weighted by Gasteiger charge is -2.26. The number of benzene rings is 2. The van der Waals surface area contributed by atoms with Gasteiger partial charge in [-0.15, -0.1) is 0 Å². The lowest BCUT2D eigenvalue weighted by Crippen LogP contribution is -2.41. The highest BCUT2D eigenvalue weighted by Crippen LogP contribution is 2.27. The summed E-state index contributed by atoms with van der Waals surface area (Å²) in [6.45, 7) is 2.36. The average molecular weight is 457 g/mol. The first-order valence-corrected chi connectivity index (χ1v) is 13.0. The van der Waals surface area contributed by atoms with E-state index < -0.39 is 9.84 Å². The normalized spacial score (nSPS) is 17.5. The van der Waals surface area contributed by atoms with Crippen molar-refractivity contribution in [3.05, 3.63) is 54.6 Å². The quantitative estimate of drug-likeness (QED) is 0.430. The van der Waals surface area contributed by atoms with Gasteiger partial charge in [-0.25, -0.2) is 18.4 Å². The van der Waals surface area contributed by atoms with Gasteiger partial charge in [-0.05, 0) is 37.6 Å². The van der Waals surface area contributed by atoms with Crippen LogP contribution < -0.4 is 5.32 Å². The zero-order valence-corrected chi connectivity index (χ0v) is 18.8. The summed E-state index contributed by atoms with van der Waals surface area (Å²) in [6.07, 6.45) is 0.504. The molecule has 1 aliphatic rings.